The molecule has 0 spiro atoms. The normalized spacial score (nSPS) is 10.9. The molecule has 29 heavy (non-hydrogen) atoms. The van der Waals surface area contributed by atoms with E-state index in [0.717, 1.165) is 16.5 Å². The number of aromatic amines is 1. The predicted molar refractivity (Wildman–Crippen MR) is 111 cm³/mol. The third-order valence-corrected chi connectivity index (χ3v) is 4.59. The topological polar surface area (TPSA) is 79.0 Å². The molecule has 0 fully saturated rings. The minimum absolute atomic E-state index is 0.208. The number of rotatable bonds is 8. The molecule has 0 atom stereocenters. The first kappa shape index (κ1) is 20.1. The van der Waals surface area contributed by atoms with Gasteiger partial charge in [-0.3, -0.25) is 4.79 Å². The van der Waals surface area contributed by atoms with Gasteiger partial charge in [-0.1, -0.05) is 0 Å². The van der Waals surface area contributed by atoms with E-state index in [2.05, 4.69) is 4.98 Å². The maximum Gasteiger partial charge on any atom is 0.203 e. The van der Waals surface area contributed by atoms with Crippen molar-refractivity contribution in [2.45, 2.75) is 0 Å². The van der Waals surface area contributed by atoms with Crippen LogP contribution in [0, 0.1) is 0 Å². The number of ether oxygens (including phenoxy) is 5. The van der Waals surface area contributed by atoms with E-state index in [4.69, 9.17) is 23.7 Å². The summed E-state index contributed by atoms with van der Waals surface area (Å²) in [5.74, 6) is 2.44. The van der Waals surface area contributed by atoms with Gasteiger partial charge in [-0.05, 0) is 36.4 Å². The summed E-state index contributed by atoms with van der Waals surface area (Å²) in [7, 11) is 7.73. The van der Waals surface area contributed by atoms with Gasteiger partial charge in [-0.25, -0.2) is 0 Å². The number of hydrogen-bond donors (Lipinski definition) is 1. The maximum atomic E-state index is 12.8. The number of allylic oxidation sites excluding steroid dienone is 1. The number of ketones is 1. The second-order valence-corrected chi connectivity index (χ2v) is 6.08. The molecular weight excluding hydrogens is 374 g/mol. The van der Waals surface area contributed by atoms with Crippen molar-refractivity contribution in [3.05, 3.63) is 47.7 Å². The van der Waals surface area contributed by atoms with E-state index in [1.807, 2.05) is 12.1 Å². The van der Waals surface area contributed by atoms with Crippen LogP contribution < -0.4 is 23.7 Å². The first-order chi connectivity index (χ1) is 14.1. The third-order valence-electron chi connectivity index (χ3n) is 4.59. The SMILES string of the molecule is COc1cc(C(=O)C=Cc2c[nH]c3c(OC)ccc(OC)c23)cc(OC)c1OC. The molecule has 0 aliphatic heterocycles. The summed E-state index contributed by atoms with van der Waals surface area (Å²) < 4.78 is 26.8. The predicted octanol–water partition coefficient (Wildman–Crippen LogP) is 4.11. The molecule has 1 aromatic heterocycles. The van der Waals surface area contributed by atoms with E-state index in [1.54, 1.807) is 38.6 Å². The van der Waals surface area contributed by atoms with Gasteiger partial charge in [0.15, 0.2) is 17.3 Å². The fraction of sp³-hybridized carbons (Fsp3) is 0.227. The second-order valence-electron chi connectivity index (χ2n) is 6.08. The van der Waals surface area contributed by atoms with Gasteiger partial charge >= 0.3 is 0 Å². The standard InChI is InChI=1S/C22H23NO6/c1-25-16-8-9-17(26-2)21-20(16)13(12-23-21)6-7-15(24)14-10-18(27-3)22(29-5)19(11-14)28-4/h6-12,23H,1-5H3. The summed E-state index contributed by atoms with van der Waals surface area (Å²) in [4.78, 5) is 16.0. The van der Waals surface area contributed by atoms with Crippen molar-refractivity contribution in [3.63, 3.8) is 0 Å². The van der Waals surface area contributed by atoms with Crippen molar-refractivity contribution in [2.75, 3.05) is 35.5 Å². The zero-order chi connectivity index (χ0) is 21.0. The lowest BCUT2D eigenvalue weighted by Crippen LogP contribution is -2.00. The van der Waals surface area contributed by atoms with Gasteiger partial charge < -0.3 is 28.7 Å². The number of aromatic nitrogens is 1. The molecule has 2 aromatic carbocycles. The molecular formula is C22H23NO6. The van der Waals surface area contributed by atoms with Crippen molar-refractivity contribution in [1.29, 1.82) is 0 Å². The Balaban J connectivity index is 2.00. The Kier molecular flexibility index (Phi) is 5.97. The fourth-order valence-electron chi connectivity index (χ4n) is 3.17. The van der Waals surface area contributed by atoms with Crippen molar-refractivity contribution in [1.82, 2.24) is 4.98 Å². The van der Waals surface area contributed by atoms with Crippen molar-refractivity contribution in [2.24, 2.45) is 0 Å². The second kappa shape index (κ2) is 8.60. The summed E-state index contributed by atoms with van der Waals surface area (Å²) >= 11 is 0. The molecule has 3 rings (SSSR count). The highest BCUT2D eigenvalue weighted by molar-refractivity contribution is 6.09. The van der Waals surface area contributed by atoms with Crippen LogP contribution in [0.25, 0.3) is 17.0 Å². The third kappa shape index (κ3) is 3.71. The van der Waals surface area contributed by atoms with Crippen LogP contribution in [-0.2, 0) is 0 Å². The maximum absolute atomic E-state index is 12.8. The van der Waals surface area contributed by atoms with Crippen LogP contribution >= 0.6 is 0 Å². The summed E-state index contributed by atoms with van der Waals surface area (Å²) in [5.41, 5.74) is 2.02. The van der Waals surface area contributed by atoms with Gasteiger partial charge in [0, 0.05) is 17.3 Å². The molecule has 7 heteroatoms. The van der Waals surface area contributed by atoms with Gasteiger partial charge in [-0.2, -0.15) is 0 Å². The number of hydrogen-bond acceptors (Lipinski definition) is 6. The minimum Gasteiger partial charge on any atom is -0.496 e. The van der Waals surface area contributed by atoms with Crippen molar-refractivity contribution < 1.29 is 28.5 Å². The highest BCUT2D eigenvalue weighted by Gasteiger charge is 2.16. The number of methoxy groups -OCH3 is 5. The number of carbonyl (C=O) groups is 1. The van der Waals surface area contributed by atoms with E-state index in [-0.39, 0.29) is 5.78 Å². The van der Waals surface area contributed by atoms with Crippen LogP contribution in [0.2, 0.25) is 0 Å². The number of fused-ring (bicyclic) bond motifs is 1. The lowest BCUT2D eigenvalue weighted by atomic mass is 10.1. The highest BCUT2D eigenvalue weighted by atomic mass is 16.5. The molecule has 0 aliphatic rings. The summed E-state index contributed by atoms with van der Waals surface area (Å²) in [6.45, 7) is 0. The molecule has 3 aromatic rings. The van der Waals surface area contributed by atoms with Crippen LogP contribution in [0.15, 0.2) is 36.5 Å². The average Bonchev–Trinajstić information content (AvgIpc) is 3.19. The fourth-order valence-corrected chi connectivity index (χ4v) is 3.17. The summed E-state index contributed by atoms with van der Waals surface area (Å²) in [6, 6.07) is 6.89. The van der Waals surface area contributed by atoms with Gasteiger partial charge in [-0.15, -0.1) is 0 Å². The molecule has 0 radical (unpaired) electrons. The molecule has 152 valence electrons. The van der Waals surface area contributed by atoms with E-state index in [0.29, 0.717) is 34.3 Å². The van der Waals surface area contributed by atoms with Gasteiger partial charge in [0.05, 0.1) is 46.5 Å². The van der Waals surface area contributed by atoms with Crippen molar-refractivity contribution in [3.8, 4) is 28.7 Å². The number of carbonyl (C=O) groups excluding carboxylic acids is 1. The first-order valence-corrected chi connectivity index (χ1v) is 8.82. The largest absolute Gasteiger partial charge is 0.496 e. The Labute approximate surface area is 168 Å². The summed E-state index contributed by atoms with van der Waals surface area (Å²) in [5, 5.41) is 0.834. The van der Waals surface area contributed by atoms with Crippen LogP contribution in [-0.4, -0.2) is 46.3 Å². The number of H-pyrrole nitrogens is 1. The Hall–Kier alpha value is -3.61. The average molecular weight is 397 g/mol. The van der Waals surface area contributed by atoms with Crippen LogP contribution in [0.5, 0.6) is 28.7 Å². The zero-order valence-electron chi connectivity index (χ0n) is 17.0. The molecule has 1 N–H and O–H groups in total. The zero-order valence-corrected chi connectivity index (χ0v) is 17.0. The minimum atomic E-state index is -0.208. The Bertz CT molecular complexity index is 1040. The molecule has 0 saturated heterocycles. The highest BCUT2D eigenvalue weighted by Crippen LogP contribution is 2.39. The Morgan fingerprint density at radius 2 is 1.41 bits per heavy atom. The molecule has 1 heterocycles. The number of benzene rings is 2. The Morgan fingerprint density at radius 1 is 0.828 bits per heavy atom. The molecule has 0 unspecified atom stereocenters. The monoisotopic (exact) mass is 397 g/mol. The van der Waals surface area contributed by atoms with Gasteiger partial charge in [0.25, 0.3) is 0 Å². The van der Waals surface area contributed by atoms with Crippen LogP contribution in [0.3, 0.4) is 0 Å². The summed E-state index contributed by atoms with van der Waals surface area (Å²) in [6.07, 6.45) is 5.02. The first-order valence-electron chi connectivity index (χ1n) is 8.82. The lowest BCUT2D eigenvalue weighted by molar-refractivity contribution is 0.104. The van der Waals surface area contributed by atoms with Gasteiger partial charge in [0.1, 0.15) is 11.5 Å². The molecule has 0 aliphatic carbocycles. The quantitative estimate of drug-likeness (QED) is 0.455. The van der Waals surface area contributed by atoms with Gasteiger partial charge in [0.2, 0.25) is 5.75 Å². The smallest absolute Gasteiger partial charge is 0.203 e. The van der Waals surface area contributed by atoms with Crippen molar-refractivity contribution >= 4 is 22.8 Å². The van der Waals surface area contributed by atoms with Crippen LogP contribution in [0.4, 0.5) is 0 Å². The Morgan fingerprint density at radius 3 is 1.97 bits per heavy atom. The van der Waals surface area contributed by atoms with E-state index in [1.165, 1.54) is 27.4 Å². The molecule has 0 amide bonds. The number of nitrogens with one attached hydrogen (secondary N) is 1. The molecule has 0 saturated carbocycles. The molecule has 7 nitrogen and oxygen atoms in total. The van der Waals surface area contributed by atoms with E-state index >= 15 is 0 Å². The lowest BCUT2D eigenvalue weighted by Gasteiger charge is -2.13. The van der Waals surface area contributed by atoms with E-state index in [9.17, 15) is 4.79 Å². The molecule has 0 bridgehead atoms. The van der Waals surface area contributed by atoms with E-state index < -0.39 is 0 Å². The van der Waals surface area contributed by atoms with Crippen LogP contribution in [0.1, 0.15) is 15.9 Å².